The molecule has 1 heterocycles. The molecule has 1 rings (SSSR count). The molecular weight excluding hydrogens is 244 g/mol. The second-order valence-corrected chi connectivity index (χ2v) is 11.4. The van der Waals surface area contributed by atoms with Crippen molar-refractivity contribution in [1.29, 1.82) is 0 Å². The first kappa shape index (κ1) is 15.8. The Balaban J connectivity index is 2.58. The molecule has 1 aliphatic rings. The van der Waals surface area contributed by atoms with E-state index < -0.39 is 0 Å². The molecule has 0 N–H and O–H groups in total. The molecule has 1 saturated heterocycles. The second kappa shape index (κ2) is 5.36. The summed E-state index contributed by atoms with van der Waals surface area (Å²) in [5.74, 6) is 1.34. The van der Waals surface area contributed by atoms with E-state index in [-0.39, 0.29) is 0 Å². The van der Waals surface area contributed by atoms with Crippen molar-refractivity contribution in [3.05, 3.63) is 0 Å². The molecule has 0 aromatic heterocycles. The van der Waals surface area contributed by atoms with Crippen molar-refractivity contribution in [1.82, 2.24) is 0 Å². The molecule has 1 aliphatic heterocycles. The van der Waals surface area contributed by atoms with Crippen LogP contribution in [0, 0.1) is 10.8 Å². The molecular formula is C15H30S2. The van der Waals surface area contributed by atoms with Crippen molar-refractivity contribution in [2.24, 2.45) is 10.8 Å². The minimum atomic E-state index is 0.448. The van der Waals surface area contributed by atoms with E-state index in [1.165, 1.54) is 25.0 Å². The molecule has 0 radical (unpaired) electrons. The molecule has 0 nitrogen and oxygen atoms in total. The van der Waals surface area contributed by atoms with Gasteiger partial charge < -0.3 is 0 Å². The largest absolute Gasteiger partial charge is 0.144 e. The predicted molar refractivity (Wildman–Crippen MR) is 85.0 cm³/mol. The van der Waals surface area contributed by atoms with Crippen molar-refractivity contribution in [2.45, 2.75) is 77.1 Å². The lowest BCUT2D eigenvalue weighted by molar-refractivity contribution is 0.356. The van der Waals surface area contributed by atoms with Crippen molar-refractivity contribution >= 4 is 23.5 Å². The summed E-state index contributed by atoms with van der Waals surface area (Å²) in [4.78, 5) is 0. The van der Waals surface area contributed by atoms with Gasteiger partial charge >= 0.3 is 0 Å². The highest BCUT2D eigenvalue weighted by Gasteiger charge is 2.38. The highest BCUT2D eigenvalue weighted by atomic mass is 32.2. The van der Waals surface area contributed by atoms with Crippen LogP contribution in [0.4, 0.5) is 0 Å². The zero-order valence-electron chi connectivity index (χ0n) is 12.7. The summed E-state index contributed by atoms with van der Waals surface area (Å²) in [7, 11) is 0. The molecule has 17 heavy (non-hydrogen) atoms. The Morgan fingerprint density at radius 2 is 1.71 bits per heavy atom. The molecule has 0 amide bonds. The molecule has 2 heteroatoms. The van der Waals surface area contributed by atoms with E-state index in [1.807, 2.05) is 0 Å². The lowest BCUT2D eigenvalue weighted by atomic mass is 9.89. The first-order valence-electron chi connectivity index (χ1n) is 6.84. The minimum Gasteiger partial charge on any atom is -0.144 e. The van der Waals surface area contributed by atoms with Gasteiger partial charge in [0.15, 0.2) is 0 Å². The van der Waals surface area contributed by atoms with Gasteiger partial charge in [-0.25, -0.2) is 0 Å². The fourth-order valence-corrected chi connectivity index (χ4v) is 5.58. The monoisotopic (exact) mass is 274 g/mol. The summed E-state index contributed by atoms with van der Waals surface area (Å²) >= 11 is 4.43. The smallest absolute Gasteiger partial charge is 0.0586 e. The molecule has 0 spiro atoms. The lowest BCUT2D eigenvalue weighted by Crippen LogP contribution is -2.34. The van der Waals surface area contributed by atoms with E-state index in [9.17, 15) is 0 Å². The van der Waals surface area contributed by atoms with Crippen LogP contribution in [0.2, 0.25) is 0 Å². The van der Waals surface area contributed by atoms with Gasteiger partial charge in [-0.2, -0.15) is 0 Å². The van der Waals surface area contributed by atoms with E-state index in [0.717, 1.165) is 5.25 Å². The van der Waals surface area contributed by atoms with Crippen LogP contribution in [0.5, 0.6) is 0 Å². The summed E-state index contributed by atoms with van der Waals surface area (Å²) < 4.78 is 0.448. The standard InChI is InChI=1S/C15H30S2/c1-13(2,3)9-10-15(7)16-11-8-12(17-15)14(4,5)6/h12H,8-11H2,1-7H3. The Bertz CT molecular complexity index is 247. The van der Waals surface area contributed by atoms with Gasteiger partial charge in [-0.3, -0.25) is 0 Å². The second-order valence-electron chi connectivity index (χ2n) is 7.80. The van der Waals surface area contributed by atoms with Crippen LogP contribution < -0.4 is 0 Å². The zero-order valence-corrected chi connectivity index (χ0v) is 14.4. The SMILES string of the molecule is CC(C)(C)CCC1(C)SCCC(C(C)(C)C)S1. The van der Waals surface area contributed by atoms with Crippen LogP contribution >= 0.6 is 23.5 Å². The third kappa shape index (κ3) is 5.46. The highest BCUT2D eigenvalue weighted by Crippen LogP contribution is 2.53. The van der Waals surface area contributed by atoms with Crippen molar-refractivity contribution in [2.75, 3.05) is 5.75 Å². The predicted octanol–water partition coefficient (Wildman–Crippen LogP) is 5.81. The maximum atomic E-state index is 2.46. The first-order chi connectivity index (χ1) is 7.52. The minimum absolute atomic E-state index is 0.448. The van der Waals surface area contributed by atoms with Gasteiger partial charge in [0.25, 0.3) is 0 Å². The fourth-order valence-electron chi connectivity index (χ4n) is 2.12. The Kier molecular flexibility index (Phi) is 4.97. The molecule has 0 saturated carbocycles. The average molecular weight is 275 g/mol. The summed E-state index contributed by atoms with van der Waals surface area (Å²) in [6, 6.07) is 0. The number of thioether (sulfide) groups is 2. The Morgan fingerprint density at radius 3 is 2.18 bits per heavy atom. The molecule has 2 atom stereocenters. The summed E-state index contributed by atoms with van der Waals surface area (Å²) in [6.07, 6.45) is 4.06. The Hall–Kier alpha value is 0.700. The lowest BCUT2D eigenvalue weighted by Gasteiger charge is -2.43. The van der Waals surface area contributed by atoms with Crippen LogP contribution in [0.3, 0.4) is 0 Å². The molecule has 0 aromatic carbocycles. The first-order valence-corrected chi connectivity index (χ1v) is 8.70. The summed E-state index contributed by atoms with van der Waals surface area (Å²) in [5.41, 5.74) is 0.924. The Morgan fingerprint density at radius 1 is 1.12 bits per heavy atom. The normalized spacial score (nSPS) is 31.6. The van der Waals surface area contributed by atoms with E-state index in [0.29, 0.717) is 14.9 Å². The molecule has 0 aromatic rings. The van der Waals surface area contributed by atoms with Crippen LogP contribution in [-0.4, -0.2) is 15.1 Å². The van der Waals surface area contributed by atoms with Crippen LogP contribution in [-0.2, 0) is 0 Å². The average Bonchev–Trinajstić information content (AvgIpc) is 2.13. The van der Waals surface area contributed by atoms with Gasteiger partial charge in [0.2, 0.25) is 0 Å². The van der Waals surface area contributed by atoms with E-state index in [1.54, 1.807) is 0 Å². The topological polar surface area (TPSA) is 0 Å². The van der Waals surface area contributed by atoms with E-state index in [2.05, 4.69) is 72.0 Å². The van der Waals surface area contributed by atoms with E-state index >= 15 is 0 Å². The van der Waals surface area contributed by atoms with Crippen LogP contribution in [0.25, 0.3) is 0 Å². The number of hydrogen-bond donors (Lipinski definition) is 0. The number of hydrogen-bond acceptors (Lipinski definition) is 2. The number of rotatable bonds is 2. The Labute approximate surface area is 117 Å². The fraction of sp³-hybridized carbons (Fsp3) is 1.00. The van der Waals surface area contributed by atoms with Gasteiger partial charge in [-0.15, -0.1) is 23.5 Å². The van der Waals surface area contributed by atoms with Gasteiger partial charge in [-0.1, -0.05) is 41.5 Å². The maximum absolute atomic E-state index is 2.46. The molecule has 0 bridgehead atoms. The molecule has 102 valence electrons. The van der Waals surface area contributed by atoms with E-state index in [4.69, 9.17) is 0 Å². The van der Waals surface area contributed by atoms with Crippen molar-refractivity contribution in [3.63, 3.8) is 0 Å². The van der Waals surface area contributed by atoms with Crippen LogP contribution in [0.1, 0.15) is 67.7 Å². The van der Waals surface area contributed by atoms with Crippen molar-refractivity contribution < 1.29 is 0 Å². The molecule has 0 aliphatic carbocycles. The highest BCUT2D eigenvalue weighted by molar-refractivity contribution is 8.19. The van der Waals surface area contributed by atoms with Gasteiger partial charge in [0, 0.05) is 5.25 Å². The maximum Gasteiger partial charge on any atom is 0.0586 e. The summed E-state index contributed by atoms with van der Waals surface area (Å²) in [6.45, 7) is 16.7. The quantitative estimate of drug-likeness (QED) is 0.623. The molecule has 1 fully saturated rings. The third-order valence-electron chi connectivity index (χ3n) is 3.47. The van der Waals surface area contributed by atoms with Gasteiger partial charge in [0.05, 0.1) is 4.08 Å². The van der Waals surface area contributed by atoms with Gasteiger partial charge in [0.1, 0.15) is 0 Å². The van der Waals surface area contributed by atoms with Crippen molar-refractivity contribution in [3.8, 4) is 0 Å². The molecule has 2 unspecified atom stereocenters. The van der Waals surface area contributed by atoms with Crippen LogP contribution in [0.15, 0.2) is 0 Å². The zero-order chi connectivity index (χ0) is 13.3. The third-order valence-corrected chi connectivity index (χ3v) is 7.30. The van der Waals surface area contributed by atoms with Gasteiger partial charge in [-0.05, 0) is 42.8 Å². The summed E-state index contributed by atoms with van der Waals surface area (Å²) in [5, 5.41) is 0.828.